The Morgan fingerprint density at radius 3 is 2.00 bits per heavy atom. The normalized spacial score (nSPS) is 63.8. The van der Waals surface area contributed by atoms with Crippen LogP contribution in [0.1, 0.15) is 44.9 Å². The van der Waals surface area contributed by atoms with Crippen LogP contribution in [0.2, 0.25) is 0 Å². The molecule has 22 heavy (non-hydrogen) atoms. The van der Waals surface area contributed by atoms with Crippen LogP contribution in [0.25, 0.3) is 0 Å². The van der Waals surface area contributed by atoms with Gasteiger partial charge in [0.15, 0.2) is 0 Å². The van der Waals surface area contributed by atoms with Crippen molar-refractivity contribution in [2.24, 2.45) is 47.3 Å². The summed E-state index contributed by atoms with van der Waals surface area (Å²) >= 11 is 7.32. The SMILES string of the molecule is SC1CC2CC1C1CC(SC3CC4C5C=C[C@@H](C5)C4C3)CC21. The largest absolute Gasteiger partial charge is 0.176 e. The molecule has 5 fully saturated rings. The molecule has 6 rings (SSSR count). The van der Waals surface area contributed by atoms with Gasteiger partial charge in [-0.3, -0.25) is 0 Å². The summed E-state index contributed by atoms with van der Waals surface area (Å²) < 4.78 is 0. The first kappa shape index (κ1) is 13.7. The van der Waals surface area contributed by atoms with Crippen molar-refractivity contribution >= 4 is 24.4 Å². The molecule has 11 atom stereocenters. The fourth-order valence-electron chi connectivity index (χ4n) is 7.91. The van der Waals surface area contributed by atoms with Crippen molar-refractivity contribution in [3.8, 4) is 0 Å². The van der Waals surface area contributed by atoms with Gasteiger partial charge in [-0.2, -0.15) is 24.4 Å². The van der Waals surface area contributed by atoms with Gasteiger partial charge in [-0.1, -0.05) is 12.2 Å². The van der Waals surface area contributed by atoms with Crippen LogP contribution in [0.3, 0.4) is 0 Å². The number of allylic oxidation sites excluding steroid dienone is 2. The Morgan fingerprint density at radius 1 is 0.636 bits per heavy atom. The van der Waals surface area contributed by atoms with Gasteiger partial charge in [0.05, 0.1) is 0 Å². The minimum atomic E-state index is 0.752. The van der Waals surface area contributed by atoms with Crippen molar-refractivity contribution < 1.29 is 0 Å². The smallest absolute Gasteiger partial charge is 0.00557 e. The van der Waals surface area contributed by atoms with Crippen molar-refractivity contribution in [3.05, 3.63) is 12.2 Å². The molecule has 0 aromatic rings. The van der Waals surface area contributed by atoms with E-state index >= 15 is 0 Å². The average Bonchev–Trinajstić information content (AvgIpc) is 3.26. The molecule has 0 saturated heterocycles. The third-order valence-electron chi connectivity index (χ3n) is 8.64. The van der Waals surface area contributed by atoms with E-state index in [2.05, 4.69) is 23.9 Å². The van der Waals surface area contributed by atoms with E-state index in [1.807, 2.05) is 0 Å². The summed E-state index contributed by atoms with van der Waals surface area (Å²) in [7, 11) is 0. The summed E-state index contributed by atoms with van der Waals surface area (Å²) in [6.07, 6.45) is 15.8. The fraction of sp³-hybridized carbons (Fsp3) is 0.900. The van der Waals surface area contributed by atoms with Gasteiger partial charge >= 0.3 is 0 Å². The van der Waals surface area contributed by atoms with E-state index in [9.17, 15) is 0 Å². The molecule has 120 valence electrons. The van der Waals surface area contributed by atoms with Gasteiger partial charge < -0.3 is 0 Å². The van der Waals surface area contributed by atoms with Crippen molar-refractivity contribution in [1.29, 1.82) is 0 Å². The molecular formula is C20H28S2. The van der Waals surface area contributed by atoms with Crippen LogP contribution in [0.15, 0.2) is 12.2 Å². The molecule has 0 amide bonds. The van der Waals surface area contributed by atoms with E-state index in [1.54, 1.807) is 25.7 Å². The molecule has 0 spiro atoms. The highest BCUT2D eigenvalue weighted by molar-refractivity contribution is 8.00. The van der Waals surface area contributed by atoms with Crippen LogP contribution in [0, 0.1) is 47.3 Å². The molecular weight excluding hydrogens is 304 g/mol. The first-order valence-corrected chi connectivity index (χ1v) is 11.2. The molecule has 0 radical (unpaired) electrons. The molecule has 0 N–H and O–H groups in total. The Morgan fingerprint density at radius 2 is 1.27 bits per heavy atom. The van der Waals surface area contributed by atoms with Gasteiger partial charge in [0.2, 0.25) is 0 Å². The van der Waals surface area contributed by atoms with E-state index in [-0.39, 0.29) is 0 Å². The van der Waals surface area contributed by atoms with E-state index in [0.717, 1.165) is 63.1 Å². The minimum absolute atomic E-state index is 0.752. The Hall–Kier alpha value is 0.440. The van der Waals surface area contributed by atoms with E-state index in [4.69, 9.17) is 12.6 Å². The first-order valence-electron chi connectivity index (χ1n) is 9.78. The lowest BCUT2D eigenvalue weighted by molar-refractivity contribution is 0.267. The zero-order valence-corrected chi connectivity index (χ0v) is 15.0. The predicted molar refractivity (Wildman–Crippen MR) is 97.3 cm³/mol. The molecule has 10 unspecified atom stereocenters. The summed E-state index contributed by atoms with van der Waals surface area (Å²) in [6.45, 7) is 0. The Labute approximate surface area is 144 Å². The molecule has 2 heteroatoms. The summed E-state index contributed by atoms with van der Waals surface area (Å²) in [5, 5.41) is 2.77. The van der Waals surface area contributed by atoms with E-state index in [1.165, 1.54) is 19.3 Å². The Kier molecular flexibility index (Phi) is 2.96. The van der Waals surface area contributed by atoms with E-state index < -0.39 is 0 Å². The first-order chi connectivity index (χ1) is 10.8. The molecule has 0 aromatic heterocycles. The lowest BCUT2D eigenvalue weighted by Gasteiger charge is -2.28. The van der Waals surface area contributed by atoms with Gasteiger partial charge in [0, 0.05) is 15.7 Å². The summed E-state index contributed by atoms with van der Waals surface area (Å²) in [5.41, 5.74) is 0. The van der Waals surface area contributed by atoms with Gasteiger partial charge in [-0.25, -0.2) is 0 Å². The fourth-order valence-corrected chi connectivity index (χ4v) is 10.4. The van der Waals surface area contributed by atoms with E-state index in [0.29, 0.717) is 0 Å². The standard InChI is InChI=1S/C20H28S2/c21-20-5-12-4-19(20)18-9-14(8-17(12)18)22-13-6-15-10-1-2-11(3-10)16(15)7-13/h1-2,10-21H,3-9H2/t10-,11?,12?,13?,14?,15?,16?,17?,18?,19?,20?/m0/s1. The summed E-state index contributed by atoms with van der Waals surface area (Å²) in [4.78, 5) is 0. The third-order valence-corrected chi connectivity index (χ3v) is 10.8. The maximum absolute atomic E-state index is 4.88. The molecule has 6 aliphatic carbocycles. The Balaban J connectivity index is 1.11. The number of thiol groups is 1. The van der Waals surface area contributed by atoms with Crippen LogP contribution in [-0.2, 0) is 0 Å². The van der Waals surface area contributed by atoms with Crippen LogP contribution >= 0.6 is 24.4 Å². The number of rotatable bonds is 2. The van der Waals surface area contributed by atoms with Crippen molar-refractivity contribution in [2.45, 2.75) is 60.7 Å². The highest BCUT2D eigenvalue weighted by Gasteiger charge is 2.56. The van der Waals surface area contributed by atoms with Crippen LogP contribution in [-0.4, -0.2) is 15.7 Å². The van der Waals surface area contributed by atoms with Crippen LogP contribution in [0.5, 0.6) is 0 Å². The highest BCUT2D eigenvalue weighted by Crippen LogP contribution is 2.63. The van der Waals surface area contributed by atoms with Crippen molar-refractivity contribution in [1.82, 2.24) is 0 Å². The number of fused-ring (bicyclic) bond motifs is 10. The van der Waals surface area contributed by atoms with Crippen LogP contribution < -0.4 is 0 Å². The lowest BCUT2D eigenvalue weighted by atomic mass is 9.81. The van der Waals surface area contributed by atoms with Gasteiger partial charge in [-0.15, -0.1) is 0 Å². The summed E-state index contributed by atoms with van der Waals surface area (Å²) in [6, 6.07) is 0. The number of hydrogen-bond donors (Lipinski definition) is 1. The Bertz CT molecular complexity index is 494. The monoisotopic (exact) mass is 332 g/mol. The maximum atomic E-state index is 4.88. The predicted octanol–water partition coefficient (Wildman–Crippen LogP) is 5.05. The van der Waals surface area contributed by atoms with Crippen LogP contribution in [0.4, 0.5) is 0 Å². The zero-order valence-electron chi connectivity index (χ0n) is 13.3. The quantitative estimate of drug-likeness (QED) is 0.545. The topological polar surface area (TPSA) is 0 Å². The third kappa shape index (κ3) is 1.80. The number of thioether (sulfide) groups is 1. The molecule has 0 nitrogen and oxygen atoms in total. The average molecular weight is 333 g/mol. The second-order valence-corrected chi connectivity index (χ2v) is 11.7. The minimum Gasteiger partial charge on any atom is -0.176 e. The summed E-state index contributed by atoms with van der Waals surface area (Å²) in [5.74, 6) is 8.33. The van der Waals surface area contributed by atoms with Crippen molar-refractivity contribution in [3.63, 3.8) is 0 Å². The molecule has 4 bridgehead atoms. The second kappa shape index (κ2) is 4.75. The zero-order chi connectivity index (χ0) is 14.4. The lowest BCUT2D eigenvalue weighted by Crippen LogP contribution is -2.24. The van der Waals surface area contributed by atoms with Gasteiger partial charge in [0.25, 0.3) is 0 Å². The van der Waals surface area contributed by atoms with Crippen molar-refractivity contribution in [2.75, 3.05) is 0 Å². The molecule has 0 aromatic carbocycles. The maximum Gasteiger partial charge on any atom is 0.00557 e. The molecule has 5 saturated carbocycles. The van der Waals surface area contributed by atoms with Gasteiger partial charge in [-0.05, 0) is 92.3 Å². The van der Waals surface area contributed by atoms with Gasteiger partial charge in [0.1, 0.15) is 0 Å². The highest BCUT2D eigenvalue weighted by atomic mass is 32.2. The molecule has 0 aliphatic heterocycles. The molecule has 0 heterocycles. The second-order valence-electron chi connectivity index (χ2n) is 9.39. The number of hydrogen-bond acceptors (Lipinski definition) is 2. The molecule has 6 aliphatic rings.